The first-order valence-electron chi connectivity index (χ1n) is 6.28. The molecule has 1 heterocycles. The molecule has 1 atom stereocenters. The van der Waals surface area contributed by atoms with Gasteiger partial charge in [0.25, 0.3) is 0 Å². The van der Waals surface area contributed by atoms with E-state index in [2.05, 4.69) is 26.1 Å². The fourth-order valence-electron chi connectivity index (χ4n) is 1.90. The highest BCUT2D eigenvalue weighted by atomic mass is 16.5. The van der Waals surface area contributed by atoms with Crippen LogP contribution in [0.2, 0.25) is 0 Å². The Morgan fingerprint density at radius 2 is 2.00 bits per heavy atom. The van der Waals surface area contributed by atoms with Crippen LogP contribution in [0.3, 0.4) is 0 Å². The van der Waals surface area contributed by atoms with Crippen molar-refractivity contribution in [2.24, 2.45) is 11.1 Å². The van der Waals surface area contributed by atoms with Crippen LogP contribution in [-0.2, 0) is 4.74 Å². The second kappa shape index (κ2) is 6.21. The first-order valence-corrected chi connectivity index (χ1v) is 6.28. The van der Waals surface area contributed by atoms with Crippen LogP contribution in [0.1, 0.15) is 27.2 Å². The van der Waals surface area contributed by atoms with E-state index >= 15 is 0 Å². The minimum atomic E-state index is 0.00155. The van der Waals surface area contributed by atoms with Gasteiger partial charge in [0.05, 0.1) is 13.2 Å². The van der Waals surface area contributed by atoms with Crippen molar-refractivity contribution < 1.29 is 9.53 Å². The summed E-state index contributed by atoms with van der Waals surface area (Å²) in [6.07, 6.45) is 0.805. The molecular weight excluding hydrogens is 218 g/mol. The van der Waals surface area contributed by atoms with Crippen molar-refractivity contribution in [3.63, 3.8) is 0 Å². The van der Waals surface area contributed by atoms with Crippen molar-refractivity contribution in [3.05, 3.63) is 0 Å². The van der Waals surface area contributed by atoms with Crippen LogP contribution < -0.4 is 11.1 Å². The van der Waals surface area contributed by atoms with E-state index in [-0.39, 0.29) is 17.5 Å². The number of ether oxygens (including phenoxy) is 1. The van der Waals surface area contributed by atoms with Gasteiger partial charge in [-0.15, -0.1) is 0 Å². The van der Waals surface area contributed by atoms with Gasteiger partial charge in [0.15, 0.2) is 0 Å². The number of rotatable bonds is 3. The number of carbonyl (C=O) groups excluding carboxylic acids is 1. The minimum absolute atomic E-state index is 0.00155. The molecule has 1 aliphatic rings. The van der Waals surface area contributed by atoms with Gasteiger partial charge in [-0.25, -0.2) is 4.79 Å². The number of hydrogen-bond acceptors (Lipinski definition) is 3. The molecule has 17 heavy (non-hydrogen) atoms. The van der Waals surface area contributed by atoms with Crippen molar-refractivity contribution in [2.45, 2.75) is 33.2 Å². The van der Waals surface area contributed by atoms with Crippen LogP contribution in [0.5, 0.6) is 0 Å². The van der Waals surface area contributed by atoms with Gasteiger partial charge in [-0.2, -0.15) is 0 Å². The van der Waals surface area contributed by atoms with Crippen LogP contribution in [0, 0.1) is 5.41 Å². The van der Waals surface area contributed by atoms with Crippen LogP contribution in [0.4, 0.5) is 4.79 Å². The number of urea groups is 1. The maximum Gasteiger partial charge on any atom is 0.317 e. The van der Waals surface area contributed by atoms with Gasteiger partial charge in [-0.3, -0.25) is 0 Å². The maximum atomic E-state index is 12.0. The van der Waals surface area contributed by atoms with Crippen LogP contribution in [0.25, 0.3) is 0 Å². The molecule has 1 saturated heterocycles. The van der Waals surface area contributed by atoms with E-state index in [4.69, 9.17) is 10.5 Å². The SMILES string of the molecule is CC(C)(C)C(CCN)NC(=O)N1CCOCC1. The Kier molecular flexibility index (Phi) is 5.21. The summed E-state index contributed by atoms with van der Waals surface area (Å²) in [5.74, 6) is 0. The highest BCUT2D eigenvalue weighted by Gasteiger charge is 2.27. The predicted octanol–water partition coefficient (Wildman–Crippen LogP) is 0.792. The molecule has 0 saturated carbocycles. The van der Waals surface area contributed by atoms with E-state index in [1.54, 1.807) is 4.90 Å². The van der Waals surface area contributed by atoms with E-state index in [0.717, 1.165) is 6.42 Å². The third-order valence-electron chi connectivity index (χ3n) is 3.10. The monoisotopic (exact) mass is 243 g/mol. The number of nitrogens with zero attached hydrogens (tertiary/aromatic N) is 1. The Morgan fingerprint density at radius 1 is 1.41 bits per heavy atom. The fourth-order valence-corrected chi connectivity index (χ4v) is 1.90. The first-order chi connectivity index (χ1) is 7.95. The molecule has 100 valence electrons. The van der Waals surface area contributed by atoms with E-state index in [1.807, 2.05) is 0 Å². The smallest absolute Gasteiger partial charge is 0.317 e. The Morgan fingerprint density at radius 3 is 2.47 bits per heavy atom. The summed E-state index contributed by atoms with van der Waals surface area (Å²) >= 11 is 0. The number of nitrogens with one attached hydrogen (secondary N) is 1. The molecule has 0 aliphatic carbocycles. The van der Waals surface area contributed by atoms with Gasteiger partial charge in [0, 0.05) is 19.1 Å². The van der Waals surface area contributed by atoms with Crippen LogP contribution in [0.15, 0.2) is 0 Å². The molecule has 0 radical (unpaired) electrons. The normalized spacial score (nSPS) is 18.9. The molecule has 1 rings (SSSR count). The third-order valence-corrected chi connectivity index (χ3v) is 3.10. The lowest BCUT2D eigenvalue weighted by atomic mass is 9.85. The number of carbonyl (C=O) groups is 1. The highest BCUT2D eigenvalue weighted by Crippen LogP contribution is 2.21. The number of amides is 2. The van der Waals surface area contributed by atoms with Gasteiger partial charge in [0.2, 0.25) is 0 Å². The van der Waals surface area contributed by atoms with E-state index < -0.39 is 0 Å². The van der Waals surface area contributed by atoms with E-state index in [1.165, 1.54) is 0 Å². The van der Waals surface area contributed by atoms with E-state index in [9.17, 15) is 4.79 Å². The summed E-state index contributed by atoms with van der Waals surface area (Å²) in [5, 5.41) is 3.08. The zero-order valence-electron chi connectivity index (χ0n) is 11.2. The van der Waals surface area contributed by atoms with Crippen LogP contribution in [-0.4, -0.2) is 49.8 Å². The lowest BCUT2D eigenvalue weighted by Crippen LogP contribution is -2.52. The van der Waals surface area contributed by atoms with Gasteiger partial charge in [-0.1, -0.05) is 20.8 Å². The molecule has 3 N–H and O–H groups in total. The largest absolute Gasteiger partial charge is 0.378 e. The molecule has 0 spiro atoms. The van der Waals surface area contributed by atoms with Crippen LogP contribution >= 0.6 is 0 Å². The summed E-state index contributed by atoms with van der Waals surface area (Å²) in [5.41, 5.74) is 5.62. The molecule has 0 bridgehead atoms. The van der Waals surface area contributed by atoms with E-state index in [0.29, 0.717) is 32.8 Å². The Bertz CT molecular complexity index is 245. The summed E-state index contributed by atoms with van der Waals surface area (Å²) in [7, 11) is 0. The quantitative estimate of drug-likeness (QED) is 0.770. The molecular formula is C12H25N3O2. The fraction of sp³-hybridized carbons (Fsp3) is 0.917. The van der Waals surface area contributed by atoms with Crippen molar-refractivity contribution in [1.82, 2.24) is 10.2 Å². The molecule has 5 nitrogen and oxygen atoms in total. The van der Waals surface area contributed by atoms with Crippen molar-refractivity contribution in [3.8, 4) is 0 Å². The van der Waals surface area contributed by atoms with Crippen molar-refractivity contribution in [1.29, 1.82) is 0 Å². The summed E-state index contributed by atoms with van der Waals surface area (Å²) in [4.78, 5) is 13.9. The Hall–Kier alpha value is -0.810. The first kappa shape index (κ1) is 14.3. The highest BCUT2D eigenvalue weighted by molar-refractivity contribution is 5.74. The molecule has 5 heteroatoms. The third kappa shape index (κ3) is 4.52. The Labute approximate surface area is 104 Å². The number of nitrogens with two attached hydrogens (primary N) is 1. The van der Waals surface area contributed by atoms with Crippen molar-refractivity contribution in [2.75, 3.05) is 32.8 Å². The zero-order chi connectivity index (χ0) is 12.9. The van der Waals surface area contributed by atoms with Gasteiger partial charge in [0.1, 0.15) is 0 Å². The van der Waals surface area contributed by atoms with Crippen molar-refractivity contribution >= 4 is 6.03 Å². The average Bonchev–Trinajstić information content (AvgIpc) is 2.28. The molecule has 1 aliphatic heterocycles. The summed E-state index contributed by atoms with van der Waals surface area (Å²) < 4.78 is 5.23. The predicted molar refractivity (Wildman–Crippen MR) is 67.8 cm³/mol. The second-order valence-corrected chi connectivity index (χ2v) is 5.54. The minimum Gasteiger partial charge on any atom is -0.378 e. The Balaban J connectivity index is 2.51. The molecule has 0 aromatic carbocycles. The van der Waals surface area contributed by atoms with Gasteiger partial charge in [-0.05, 0) is 18.4 Å². The molecule has 1 unspecified atom stereocenters. The molecule has 1 fully saturated rings. The molecule has 0 aromatic rings. The van der Waals surface area contributed by atoms with Gasteiger partial charge < -0.3 is 20.7 Å². The van der Waals surface area contributed by atoms with Gasteiger partial charge >= 0.3 is 6.03 Å². The number of morpholine rings is 1. The lowest BCUT2D eigenvalue weighted by molar-refractivity contribution is 0.0511. The standard InChI is InChI=1S/C12H25N3O2/c1-12(2,3)10(4-5-13)14-11(16)15-6-8-17-9-7-15/h10H,4-9,13H2,1-3H3,(H,14,16). The second-order valence-electron chi connectivity index (χ2n) is 5.54. The zero-order valence-corrected chi connectivity index (χ0v) is 11.2. The summed E-state index contributed by atoms with van der Waals surface area (Å²) in [6, 6.07) is 0.115. The molecule has 2 amide bonds. The lowest BCUT2D eigenvalue weighted by Gasteiger charge is -2.34. The topological polar surface area (TPSA) is 67.6 Å². The summed E-state index contributed by atoms with van der Waals surface area (Å²) in [6.45, 7) is 9.55. The number of hydrogen-bond donors (Lipinski definition) is 2. The average molecular weight is 243 g/mol. The maximum absolute atomic E-state index is 12.0. The molecule has 0 aromatic heterocycles.